The van der Waals surface area contributed by atoms with Crippen LogP contribution >= 0.6 is 0 Å². The van der Waals surface area contributed by atoms with Crippen molar-refractivity contribution in [2.45, 2.75) is 33.2 Å². The van der Waals surface area contributed by atoms with Gasteiger partial charge < -0.3 is 4.52 Å². The Morgan fingerprint density at radius 3 is 2.69 bits per heavy atom. The Morgan fingerprint density at radius 2 is 2.19 bits per heavy atom. The number of nitrogens with zero attached hydrogens (tertiary/aromatic N) is 1. The summed E-state index contributed by atoms with van der Waals surface area (Å²) >= 11 is 0. The van der Waals surface area contributed by atoms with Crippen molar-refractivity contribution >= 4 is 10.2 Å². The van der Waals surface area contributed by atoms with Crippen molar-refractivity contribution in [3.8, 4) is 0 Å². The summed E-state index contributed by atoms with van der Waals surface area (Å²) in [7, 11) is -3.40. The van der Waals surface area contributed by atoms with Crippen molar-refractivity contribution in [3.63, 3.8) is 0 Å². The van der Waals surface area contributed by atoms with Gasteiger partial charge >= 0.3 is 0 Å². The molecule has 0 bridgehead atoms. The molecule has 0 fully saturated rings. The highest BCUT2D eigenvalue weighted by atomic mass is 32.2. The maximum atomic E-state index is 11.4. The minimum Gasteiger partial charge on any atom is -0.361 e. The largest absolute Gasteiger partial charge is 0.361 e. The van der Waals surface area contributed by atoms with Gasteiger partial charge in [-0.25, -0.2) is 4.72 Å². The van der Waals surface area contributed by atoms with E-state index in [-0.39, 0.29) is 6.04 Å². The average Bonchev–Trinajstić information content (AvgIpc) is 2.48. The predicted octanol–water partition coefficient (Wildman–Crippen LogP) is 0.358. The third-order valence-electron chi connectivity index (χ3n) is 1.74. The molecule has 2 N–H and O–H groups in total. The Bertz CT molecular complexity index is 425. The molecule has 16 heavy (non-hydrogen) atoms. The van der Waals surface area contributed by atoms with Gasteiger partial charge in [-0.05, 0) is 20.8 Å². The van der Waals surface area contributed by atoms with Crippen LogP contribution in [0.15, 0.2) is 10.6 Å². The molecule has 1 aromatic heterocycles. The molecule has 0 atom stereocenters. The van der Waals surface area contributed by atoms with Crippen LogP contribution in [-0.4, -0.2) is 26.2 Å². The molecule has 0 unspecified atom stereocenters. The Kier molecular flexibility index (Phi) is 4.45. The molecule has 0 saturated heterocycles. The number of nitrogens with one attached hydrogen (secondary N) is 2. The Balaban J connectivity index is 2.35. The maximum absolute atomic E-state index is 11.4. The second-order valence-corrected chi connectivity index (χ2v) is 5.38. The summed E-state index contributed by atoms with van der Waals surface area (Å²) in [5.41, 5.74) is 0.741. The van der Waals surface area contributed by atoms with Crippen molar-refractivity contribution in [3.05, 3.63) is 17.5 Å². The van der Waals surface area contributed by atoms with Gasteiger partial charge in [-0.15, -0.1) is 0 Å². The van der Waals surface area contributed by atoms with Crippen molar-refractivity contribution in [2.75, 3.05) is 6.54 Å². The third-order valence-corrected chi connectivity index (χ3v) is 3.11. The lowest BCUT2D eigenvalue weighted by Gasteiger charge is -2.09. The smallest absolute Gasteiger partial charge is 0.277 e. The van der Waals surface area contributed by atoms with Gasteiger partial charge in [0.2, 0.25) is 0 Å². The molecule has 0 saturated carbocycles. The predicted molar refractivity (Wildman–Crippen MR) is 60.1 cm³/mol. The highest BCUT2D eigenvalue weighted by molar-refractivity contribution is 7.87. The first kappa shape index (κ1) is 13.1. The molecule has 0 aliphatic carbocycles. The Morgan fingerprint density at radius 1 is 1.50 bits per heavy atom. The minimum atomic E-state index is -3.40. The van der Waals surface area contributed by atoms with E-state index in [1.165, 1.54) is 0 Å². The van der Waals surface area contributed by atoms with Crippen LogP contribution in [0.25, 0.3) is 0 Å². The van der Waals surface area contributed by atoms with Gasteiger partial charge in [0.15, 0.2) is 0 Å². The number of aryl methyl sites for hydroxylation is 1. The molecule has 7 heteroatoms. The van der Waals surface area contributed by atoms with Gasteiger partial charge in [-0.2, -0.15) is 13.1 Å². The number of rotatable bonds is 6. The van der Waals surface area contributed by atoms with E-state index in [2.05, 4.69) is 14.6 Å². The van der Waals surface area contributed by atoms with E-state index in [0.29, 0.717) is 13.0 Å². The lowest BCUT2D eigenvalue weighted by molar-refractivity contribution is 0.390. The van der Waals surface area contributed by atoms with Crippen molar-refractivity contribution in [1.29, 1.82) is 0 Å². The summed E-state index contributed by atoms with van der Waals surface area (Å²) in [5.74, 6) is 0.721. The molecular weight excluding hydrogens is 230 g/mol. The second-order valence-electron chi connectivity index (χ2n) is 3.85. The summed E-state index contributed by atoms with van der Waals surface area (Å²) in [6.45, 7) is 5.62. The van der Waals surface area contributed by atoms with Crippen LogP contribution in [0.1, 0.15) is 25.3 Å². The summed E-state index contributed by atoms with van der Waals surface area (Å²) in [5, 5.41) is 3.77. The van der Waals surface area contributed by atoms with E-state index in [1.807, 2.05) is 0 Å². The van der Waals surface area contributed by atoms with E-state index in [1.54, 1.807) is 26.8 Å². The van der Waals surface area contributed by atoms with E-state index < -0.39 is 10.2 Å². The first-order chi connectivity index (χ1) is 7.39. The SMILES string of the molecule is Cc1cc(CCNS(=O)(=O)NC(C)C)no1. The highest BCUT2D eigenvalue weighted by Crippen LogP contribution is 2.01. The van der Waals surface area contributed by atoms with E-state index in [9.17, 15) is 8.42 Å². The van der Waals surface area contributed by atoms with Crippen molar-refractivity contribution in [2.24, 2.45) is 0 Å². The first-order valence-electron chi connectivity index (χ1n) is 5.08. The van der Waals surface area contributed by atoms with Gasteiger partial charge in [-0.3, -0.25) is 0 Å². The monoisotopic (exact) mass is 247 g/mol. The van der Waals surface area contributed by atoms with Crippen LogP contribution in [0.2, 0.25) is 0 Å². The molecule has 92 valence electrons. The number of hydrogen-bond donors (Lipinski definition) is 2. The zero-order valence-corrected chi connectivity index (χ0v) is 10.5. The molecular formula is C9H17N3O3S. The molecule has 1 rings (SSSR count). The first-order valence-corrected chi connectivity index (χ1v) is 6.56. The second kappa shape index (κ2) is 5.42. The Labute approximate surface area is 95.6 Å². The van der Waals surface area contributed by atoms with Crippen molar-refractivity contribution in [1.82, 2.24) is 14.6 Å². The molecule has 1 heterocycles. The molecule has 0 amide bonds. The van der Waals surface area contributed by atoms with Crippen LogP contribution in [0.4, 0.5) is 0 Å². The maximum Gasteiger partial charge on any atom is 0.277 e. The van der Waals surface area contributed by atoms with Crippen molar-refractivity contribution < 1.29 is 12.9 Å². The lowest BCUT2D eigenvalue weighted by Crippen LogP contribution is -2.41. The zero-order chi connectivity index (χ0) is 12.2. The highest BCUT2D eigenvalue weighted by Gasteiger charge is 2.10. The quantitative estimate of drug-likeness (QED) is 0.760. The van der Waals surface area contributed by atoms with Crippen LogP contribution in [0.3, 0.4) is 0 Å². The molecule has 1 aromatic rings. The van der Waals surface area contributed by atoms with Crippen LogP contribution in [0.5, 0.6) is 0 Å². The standard InChI is InChI=1S/C9H17N3O3S/c1-7(2)12-16(13,14)10-5-4-9-6-8(3)15-11-9/h6-7,10,12H,4-5H2,1-3H3. The lowest BCUT2D eigenvalue weighted by atomic mass is 10.3. The summed E-state index contributed by atoms with van der Waals surface area (Å²) in [4.78, 5) is 0. The molecule has 0 aliphatic rings. The van der Waals surface area contributed by atoms with E-state index in [4.69, 9.17) is 4.52 Å². The van der Waals surface area contributed by atoms with Crippen LogP contribution in [-0.2, 0) is 16.6 Å². The minimum absolute atomic E-state index is 0.119. The van der Waals surface area contributed by atoms with Crippen LogP contribution < -0.4 is 9.44 Å². The molecule has 0 spiro atoms. The number of hydrogen-bond acceptors (Lipinski definition) is 4. The zero-order valence-electron chi connectivity index (χ0n) is 9.65. The summed E-state index contributed by atoms with van der Waals surface area (Å²) in [6, 6.07) is 1.66. The average molecular weight is 247 g/mol. The summed E-state index contributed by atoms with van der Waals surface area (Å²) in [6.07, 6.45) is 0.510. The third kappa shape index (κ3) is 4.73. The van der Waals surface area contributed by atoms with Gasteiger partial charge in [0, 0.05) is 25.1 Å². The fourth-order valence-corrected chi connectivity index (χ4v) is 2.28. The topological polar surface area (TPSA) is 84.2 Å². The van der Waals surface area contributed by atoms with Gasteiger partial charge in [0.1, 0.15) is 5.76 Å². The van der Waals surface area contributed by atoms with Gasteiger partial charge in [0.05, 0.1) is 5.69 Å². The van der Waals surface area contributed by atoms with Gasteiger partial charge in [0.25, 0.3) is 10.2 Å². The molecule has 0 radical (unpaired) electrons. The molecule has 6 nitrogen and oxygen atoms in total. The van der Waals surface area contributed by atoms with E-state index in [0.717, 1.165) is 11.5 Å². The summed E-state index contributed by atoms with van der Waals surface area (Å²) < 4.78 is 32.5. The van der Waals surface area contributed by atoms with Crippen LogP contribution in [0, 0.1) is 6.92 Å². The van der Waals surface area contributed by atoms with Gasteiger partial charge in [-0.1, -0.05) is 5.16 Å². The Hall–Kier alpha value is -0.920. The fourth-order valence-electron chi connectivity index (χ4n) is 1.20. The molecule has 0 aliphatic heterocycles. The van der Waals surface area contributed by atoms with E-state index >= 15 is 0 Å². The normalized spacial score (nSPS) is 12.2. The fraction of sp³-hybridized carbons (Fsp3) is 0.667. The molecule has 0 aromatic carbocycles. The number of aromatic nitrogens is 1.